The summed E-state index contributed by atoms with van der Waals surface area (Å²) in [6.07, 6.45) is 0. The smallest absolute Gasteiger partial charge is 0.246 e. The van der Waals surface area contributed by atoms with Gasteiger partial charge in [-0.15, -0.1) is 0 Å². The molecule has 1 atom stereocenters. The van der Waals surface area contributed by atoms with Gasteiger partial charge in [-0.2, -0.15) is 0 Å². The summed E-state index contributed by atoms with van der Waals surface area (Å²) >= 11 is 6.29. The molecule has 0 aliphatic heterocycles. The van der Waals surface area contributed by atoms with E-state index in [0.717, 1.165) is 16.9 Å². The molecule has 1 N–H and O–H groups in total. The molecule has 0 saturated carbocycles. The number of nitrogens with one attached hydrogen (secondary N) is 1. The minimum atomic E-state index is -0.369. The fraction of sp³-hybridized carbons (Fsp3) is 0.235. The number of methoxy groups -OCH3 is 2. The largest absolute Gasteiger partial charge is 0.497 e. The van der Waals surface area contributed by atoms with E-state index in [9.17, 15) is 4.79 Å². The van der Waals surface area contributed by atoms with E-state index in [4.69, 9.17) is 21.1 Å². The molecule has 22 heavy (non-hydrogen) atoms. The van der Waals surface area contributed by atoms with Crippen LogP contribution in [-0.2, 0) is 9.53 Å². The number of hydrogen-bond acceptors (Lipinski definition) is 3. The Kier molecular flexibility index (Phi) is 5.81. The van der Waals surface area contributed by atoms with Gasteiger partial charge in [0.15, 0.2) is 0 Å². The number of carbonyl (C=O) groups excluding carboxylic acids is 1. The van der Waals surface area contributed by atoms with Gasteiger partial charge in [0.1, 0.15) is 12.4 Å². The molecule has 0 saturated heterocycles. The molecular weight excluding hydrogens is 302 g/mol. The maximum atomic E-state index is 12.0. The van der Waals surface area contributed by atoms with Crippen LogP contribution < -0.4 is 10.1 Å². The van der Waals surface area contributed by atoms with Crippen molar-refractivity contribution >= 4 is 17.5 Å². The molecule has 2 rings (SSSR count). The lowest BCUT2D eigenvalue weighted by Gasteiger charge is -2.21. The second-order valence-corrected chi connectivity index (χ2v) is 5.14. The van der Waals surface area contributed by atoms with E-state index in [1.807, 2.05) is 42.5 Å². The SMILES string of the molecule is COCC(=O)N[C@@H](c1cccc(OC)c1)c1ccccc1Cl. The lowest BCUT2D eigenvalue weighted by molar-refractivity contribution is -0.125. The Morgan fingerprint density at radius 1 is 1.18 bits per heavy atom. The molecule has 1 amide bonds. The van der Waals surface area contributed by atoms with Crippen LogP contribution in [0, 0.1) is 0 Å². The molecule has 0 unspecified atom stereocenters. The Morgan fingerprint density at radius 2 is 1.95 bits per heavy atom. The van der Waals surface area contributed by atoms with Gasteiger partial charge in [-0.05, 0) is 29.3 Å². The van der Waals surface area contributed by atoms with Crippen LogP contribution in [0.1, 0.15) is 17.2 Å². The summed E-state index contributed by atoms with van der Waals surface area (Å²) in [5.74, 6) is 0.505. The predicted octanol–water partition coefficient (Wildman–Crippen LogP) is 3.20. The van der Waals surface area contributed by atoms with Crippen LogP contribution in [0.3, 0.4) is 0 Å². The van der Waals surface area contributed by atoms with E-state index in [1.165, 1.54) is 7.11 Å². The monoisotopic (exact) mass is 319 g/mol. The molecule has 0 spiro atoms. The zero-order valence-corrected chi connectivity index (χ0v) is 13.3. The molecule has 0 heterocycles. The summed E-state index contributed by atoms with van der Waals surface area (Å²) < 4.78 is 10.1. The first-order valence-electron chi connectivity index (χ1n) is 6.82. The van der Waals surface area contributed by atoms with Gasteiger partial charge in [0.25, 0.3) is 0 Å². The maximum absolute atomic E-state index is 12.0. The van der Waals surface area contributed by atoms with Gasteiger partial charge in [0.2, 0.25) is 5.91 Å². The normalized spacial score (nSPS) is 11.8. The Balaban J connectivity index is 2.40. The third-order valence-corrected chi connectivity index (χ3v) is 3.57. The van der Waals surface area contributed by atoms with Gasteiger partial charge in [-0.3, -0.25) is 4.79 Å². The number of amides is 1. The van der Waals surface area contributed by atoms with Crippen molar-refractivity contribution in [2.45, 2.75) is 6.04 Å². The van der Waals surface area contributed by atoms with Gasteiger partial charge in [0, 0.05) is 12.1 Å². The number of hydrogen-bond donors (Lipinski definition) is 1. The minimum absolute atomic E-state index is 0.00901. The Hall–Kier alpha value is -2.04. The zero-order chi connectivity index (χ0) is 15.9. The van der Waals surface area contributed by atoms with Crippen LogP contribution >= 0.6 is 11.6 Å². The van der Waals surface area contributed by atoms with Gasteiger partial charge in [-0.1, -0.05) is 41.9 Å². The van der Waals surface area contributed by atoms with Crippen molar-refractivity contribution in [1.29, 1.82) is 0 Å². The molecule has 0 bridgehead atoms. The first-order chi connectivity index (χ1) is 10.7. The second-order valence-electron chi connectivity index (χ2n) is 4.73. The molecular formula is C17H18ClNO3. The number of halogens is 1. The fourth-order valence-electron chi connectivity index (χ4n) is 2.20. The molecule has 0 radical (unpaired) electrons. The highest BCUT2D eigenvalue weighted by Gasteiger charge is 2.19. The van der Waals surface area contributed by atoms with Crippen LogP contribution in [0.2, 0.25) is 5.02 Å². The summed E-state index contributed by atoms with van der Waals surface area (Å²) in [5, 5.41) is 3.53. The second kappa shape index (κ2) is 7.82. The van der Waals surface area contributed by atoms with Crippen LogP contribution in [0.15, 0.2) is 48.5 Å². The third-order valence-electron chi connectivity index (χ3n) is 3.22. The van der Waals surface area contributed by atoms with E-state index < -0.39 is 0 Å². The van der Waals surface area contributed by atoms with E-state index >= 15 is 0 Å². The molecule has 2 aromatic rings. The summed E-state index contributed by atoms with van der Waals surface area (Å²) in [4.78, 5) is 12.0. The lowest BCUT2D eigenvalue weighted by Crippen LogP contribution is -2.32. The van der Waals surface area contributed by atoms with E-state index in [0.29, 0.717) is 5.02 Å². The first-order valence-corrected chi connectivity index (χ1v) is 7.20. The highest BCUT2D eigenvalue weighted by molar-refractivity contribution is 6.31. The molecule has 116 valence electrons. The topological polar surface area (TPSA) is 47.6 Å². The molecule has 0 aromatic heterocycles. The number of rotatable bonds is 6. The summed E-state index contributed by atoms with van der Waals surface area (Å²) in [5.41, 5.74) is 1.71. The van der Waals surface area contributed by atoms with Crippen LogP contribution in [0.5, 0.6) is 5.75 Å². The van der Waals surface area contributed by atoms with Crippen molar-refractivity contribution in [3.05, 3.63) is 64.7 Å². The maximum Gasteiger partial charge on any atom is 0.246 e. The average molecular weight is 320 g/mol. The molecule has 4 nitrogen and oxygen atoms in total. The first kappa shape index (κ1) is 16.3. The minimum Gasteiger partial charge on any atom is -0.497 e. The van der Waals surface area contributed by atoms with E-state index in [1.54, 1.807) is 13.2 Å². The van der Waals surface area contributed by atoms with Crippen molar-refractivity contribution in [3.8, 4) is 5.75 Å². The van der Waals surface area contributed by atoms with E-state index in [-0.39, 0.29) is 18.6 Å². The van der Waals surface area contributed by atoms with Gasteiger partial charge in [0.05, 0.1) is 13.2 Å². The molecule has 0 aliphatic carbocycles. The predicted molar refractivity (Wildman–Crippen MR) is 86.3 cm³/mol. The Morgan fingerprint density at radius 3 is 2.64 bits per heavy atom. The average Bonchev–Trinajstić information content (AvgIpc) is 2.54. The zero-order valence-electron chi connectivity index (χ0n) is 12.5. The number of benzene rings is 2. The molecule has 2 aromatic carbocycles. The summed E-state index contributed by atoms with van der Waals surface area (Å²) in [6, 6.07) is 14.6. The number of ether oxygens (including phenoxy) is 2. The van der Waals surface area contributed by atoms with Crippen LogP contribution in [0.25, 0.3) is 0 Å². The standard InChI is InChI=1S/C17H18ClNO3/c1-21-11-16(20)19-17(14-8-3-4-9-15(14)18)12-6-5-7-13(10-12)22-2/h3-10,17H,11H2,1-2H3,(H,19,20)/t17-/m0/s1. The molecule has 0 fully saturated rings. The number of carbonyl (C=O) groups is 1. The van der Waals surface area contributed by atoms with Crippen LogP contribution in [0.4, 0.5) is 0 Å². The summed E-state index contributed by atoms with van der Waals surface area (Å²) in [7, 11) is 3.09. The van der Waals surface area contributed by atoms with Gasteiger partial charge >= 0.3 is 0 Å². The summed E-state index contributed by atoms with van der Waals surface area (Å²) in [6.45, 7) is -0.00901. The Labute approximate surface area is 135 Å². The van der Waals surface area contributed by atoms with Crippen molar-refractivity contribution < 1.29 is 14.3 Å². The van der Waals surface area contributed by atoms with Gasteiger partial charge in [-0.25, -0.2) is 0 Å². The van der Waals surface area contributed by atoms with E-state index in [2.05, 4.69) is 5.32 Å². The lowest BCUT2D eigenvalue weighted by atomic mass is 9.98. The van der Waals surface area contributed by atoms with Crippen molar-refractivity contribution in [2.24, 2.45) is 0 Å². The van der Waals surface area contributed by atoms with Crippen LogP contribution in [-0.4, -0.2) is 26.7 Å². The van der Waals surface area contributed by atoms with Crippen molar-refractivity contribution in [2.75, 3.05) is 20.8 Å². The Bertz CT molecular complexity index is 645. The highest BCUT2D eigenvalue weighted by atomic mass is 35.5. The third kappa shape index (κ3) is 4.00. The van der Waals surface area contributed by atoms with Crippen molar-refractivity contribution in [1.82, 2.24) is 5.32 Å². The highest BCUT2D eigenvalue weighted by Crippen LogP contribution is 2.29. The molecule has 5 heteroatoms. The molecule has 0 aliphatic rings. The quantitative estimate of drug-likeness (QED) is 0.889. The van der Waals surface area contributed by atoms with Crippen molar-refractivity contribution in [3.63, 3.8) is 0 Å². The fourth-order valence-corrected chi connectivity index (χ4v) is 2.45. The van der Waals surface area contributed by atoms with Gasteiger partial charge < -0.3 is 14.8 Å².